The molecular formula is C13H13FN2O3. The van der Waals surface area contributed by atoms with Crippen LogP contribution < -0.4 is 4.90 Å². The molecule has 0 saturated carbocycles. The summed E-state index contributed by atoms with van der Waals surface area (Å²) in [6.45, 7) is 2.05. The molecule has 100 valence electrons. The van der Waals surface area contributed by atoms with Crippen LogP contribution in [0.2, 0.25) is 0 Å². The van der Waals surface area contributed by atoms with Crippen LogP contribution >= 0.6 is 0 Å². The highest BCUT2D eigenvalue weighted by molar-refractivity contribution is 5.91. The van der Waals surface area contributed by atoms with Crippen LogP contribution in [0.4, 0.5) is 14.9 Å². The number of carboxylic acid groups (broad SMARTS) is 1. The van der Waals surface area contributed by atoms with Gasteiger partial charge in [-0.15, -0.1) is 0 Å². The highest BCUT2D eigenvalue weighted by Gasteiger charge is 2.22. The van der Waals surface area contributed by atoms with Crippen LogP contribution in [0.25, 0.3) is 11.0 Å². The van der Waals surface area contributed by atoms with E-state index in [0.29, 0.717) is 31.8 Å². The molecule has 3 rings (SSSR count). The van der Waals surface area contributed by atoms with Gasteiger partial charge in [0.15, 0.2) is 0 Å². The molecule has 1 N–H and O–H groups in total. The Morgan fingerprint density at radius 2 is 2.00 bits per heavy atom. The lowest BCUT2D eigenvalue weighted by atomic mass is 10.2. The lowest BCUT2D eigenvalue weighted by Gasteiger charge is -2.33. The van der Waals surface area contributed by atoms with Gasteiger partial charge in [-0.1, -0.05) is 0 Å². The van der Waals surface area contributed by atoms with Crippen molar-refractivity contribution < 1.29 is 18.7 Å². The molecule has 6 heteroatoms. The van der Waals surface area contributed by atoms with Crippen molar-refractivity contribution in [2.24, 2.45) is 0 Å². The van der Waals surface area contributed by atoms with Gasteiger partial charge in [0.05, 0.1) is 5.69 Å². The maximum absolute atomic E-state index is 13.3. The minimum atomic E-state index is -0.900. The Labute approximate surface area is 108 Å². The third kappa shape index (κ3) is 2.09. The molecule has 2 heterocycles. The summed E-state index contributed by atoms with van der Waals surface area (Å²) in [5.41, 5.74) is 1.46. The smallest absolute Gasteiger partial charge is 0.407 e. The maximum atomic E-state index is 13.3. The van der Waals surface area contributed by atoms with E-state index in [4.69, 9.17) is 9.52 Å². The summed E-state index contributed by atoms with van der Waals surface area (Å²) in [6.07, 6.45) is 0.698. The van der Waals surface area contributed by atoms with E-state index in [1.165, 1.54) is 17.0 Å². The zero-order chi connectivity index (χ0) is 13.4. The van der Waals surface area contributed by atoms with E-state index in [2.05, 4.69) is 0 Å². The molecule has 19 heavy (non-hydrogen) atoms. The lowest BCUT2D eigenvalue weighted by molar-refractivity contribution is 0.142. The van der Waals surface area contributed by atoms with Gasteiger partial charge in [0.2, 0.25) is 0 Å². The van der Waals surface area contributed by atoms with Crippen LogP contribution in [-0.2, 0) is 0 Å². The van der Waals surface area contributed by atoms with Gasteiger partial charge in [-0.05, 0) is 18.2 Å². The molecule has 1 fully saturated rings. The van der Waals surface area contributed by atoms with E-state index in [9.17, 15) is 9.18 Å². The average molecular weight is 264 g/mol. The number of anilines is 1. The molecule has 0 atom stereocenters. The minimum Gasteiger partial charge on any atom is -0.465 e. The summed E-state index contributed by atoms with van der Waals surface area (Å²) >= 11 is 0. The topological polar surface area (TPSA) is 56.9 Å². The molecule has 1 amide bonds. The van der Waals surface area contributed by atoms with Crippen molar-refractivity contribution in [3.05, 3.63) is 30.3 Å². The van der Waals surface area contributed by atoms with Crippen LogP contribution in [0.15, 0.2) is 28.9 Å². The van der Waals surface area contributed by atoms with Gasteiger partial charge in [-0.3, -0.25) is 0 Å². The number of amides is 1. The van der Waals surface area contributed by atoms with Gasteiger partial charge in [-0.25, -0.2) is 9.18 Å². The van der Waals surface area contributed by atoms with E-state index in [1.807, 2.05) is 4.90 Å². The molecule has 0 spiro atoms. The summed E-state index contributed by atoms with van der Waals surface area (Å²) in [4.78, 5) is 14.2. The zero-order valence-electron chi connectivity index (χ0n) is 10.2. The van der Waals surface area contributed by atoms with Gasteiger partial charge < -0.3 is 19.3 Å². The molecule has 1 aliphatic heterocycles. The summed E-state index contributed by atoms with van der Waals surface area (Å²) in [7, 11) is 0. The molecule has 0 bridgehead atoms. The Morgan fingerprint density at radius 1 is 1.26 bits per heavy atom. The van der Waals surface area contributed by atoms with E-state index in [1.54, 1.807) is 12.3 Å². The van der Waals surface area contributed by atoms with E-state index >= 15 is 0 Å². The summed E-state index contributed by atoms with van der Waals surface area (Å²) in [5.74, 6) is -0.306. The molecule has 5 nitrogen and oxygen atoms in total. The summed E-state index contributed by atoms with van der Waals surface area (Å²) in [6, 6.07) is 4.40. The number of hydrogen-bond donors (Lipinski definition) is 1. The zero-order valence-corrected chi connectivity index (χ0v) is 10.2. The summed E-state index contributed by atoms with van der Waals surface area (Å²) in [5, 5.41) is 9.63. The fourth-order valence-corrected chi connectivity index (χ4v) is 2.37. The second-order valence-corrected chi connectivity index (χ2v) is 4.52. The number of furan rings is 1. The fourth-order valence-electron chi connectivity index (χ4n) is 2.37. The van der Waals surface area contributed by atoms with Crippen molar-refractivity contribution in [2.75, 3.05) is 31.1 Å². The van der Waals surface area contributed by atoms with Crippen LogP contribution in [0.1, 0.15) is 0 Å². The van der Waals surface area contributed by atoms with E-state index in [0.717, 1.165) is 11.1 Å². The SMILES string of the molecule is O=C(O)N1CCN(c2coc3ccc(F)cc23)CC1. The normalized spacial score (nSPS) is 16.1. The molecule has 1 aromatic carbocycles. The largest absolute Gasteiger partial charge is 0.465 e. The Bertz CT molecular complexity index is 617. The predicted octanol–water partition coefficient (Wildman–Crippen LogP) is 2.37. The van der Waals surface area contributed by atoms with Crippen molar-refractivity contribution in [3.63, 3.8) is 0 Å². The quantitative estimate of drug-likeness (QED) is 0.859. The third-order valence-corrected chi connectivity index (χ3v) is 3.41. The highest BCUT2D eigenvalue weighted by atomic mass is 19.1. The number of rotatable bonds is 1. The molecule has 0 aliphatic carbocycles. The molecule has 1 aliphatic rings. The summed E-state index contributed by atoms with van der Waals surface area (Å²) < 4.78 is 18.7. The Kier molecular flexibility index (Phi) is 2.77. The number of nitrogens with zero attached hydrogens (tertiary/aromatic N) is 2. The number of hydrogen-bond acceptors (Lipinski definition) is 3. The van der Waals surface area contributed by atoms with E-state index in [-0.39, 0.29) is 5.82 Å². The van der Waals surface area contributed by atoms with Gasteiger partial charge in [0, 0.05) is 31.6 Å². The predicted molar refractivity (Wildman–Crippen MR) is 68.0 cm³/mol. The number of fused-ring (bicyclic) bond motifs is 1. The van der Waals surface area contributed by atoms with Crippen molar-refractivity contribution >= 4 is 22.7 Å². The molecular weight excluding hydrogens is 251 g/mol. The Morgan fingerprint density at radius 3 is 2.68 bits per heavy atom. The molecule has 0 unspecified atom stereocenters. The van der Waals surface area contributed by atoms with Crippen molar-refractivity contribution in [3.8, 4) is 0 Å². The van der Waals surface area contributed by atoms with Gasteiger partial charge in [-0.2, -0.15) is 0 Å². The van der Waals surface area contributed by atoms with Crippen LogP contribution in [0, 0.1) is 5.82 Å². The first-order valence-corrected chi connectivity index (χ1v) is 6.05. The average Bonchev–Trinajstić information content (AvgIpc) is 2.81. The molecule has 1 saturated heterocycles. The van der Waals surface area contributed by atoms with Crippen LogP contribution in [0.3, 0.4) is 0 Å². The Balaban J connectivity index is 1.85. The molecule has 0 radical (unpaired) electrons. The second kappa shape index (κ2) is 4.46. The van der Waals surface area contributed by atoms with Crippen LogP contribution in [0.5, 0.6) is 0 Å². The highest BCUT2D eigenvalue weighted by Crippen LogP contribution is 2.30. The number of carbonyl (C=O) groups is 1. The second-order valence-electron chi connectivity index (χ2n) is 4.52. The fraction of sp³-hybridized carbons (Fsp3) is 0.308. The Hall–Kier alpha value is -2.24. The minimum absolute atomic E-state index is 0.306. The van der Waals surface area contributed by atoms with Gasteiger partial charge in [0.1, 0.15) is 17.7 Å². The molecule has 1 aromatic heterocycles. The number of benzene rings is 1. The lowest BCUT2D eigenvalue weighted by Crippen LogP contribution is -2.48. The van der Waals surface area contributed by atoms with Crippen molar-refractivity contribution in [2.45, 2.75) is 0 Å². The maximum Gasteiger partial charge on any atom is 0.407 e. The first-order valence-electron chi connectivity index (χ1n) is 6.05. The first-order chi connectivity index (χ1) is 9.15. The number of halogens is 1. The third-order valence-electron chi connectivity index (χ3n) is 3.41. The van der Waals surface area contributed by atoms with Crippen molar-refractivity contribution in [1.29, 1.82) is 0 Å². The van der Waals surface area contributed by atoms with Crippen LogP contribution in [-0.4, -0.2) is 42.3 Å². The standard InChI is InChI=1S/C13H13FN2O3/c14-9-1-2-12-10(7-9)11(8-19-12)15-3-5-16(6-4-15)13(17)18/h1-2,7-8H,3-6H2,(H,17,18). The van der Waals surface area contributed by atoms with E-state index < -0.39 is 6.09 Å². The number of piperazine rings is 1. The van der Waals surface area contributed by atoms with Gasteiger partial charge >= 0.3 is 6.09 Å². The van der Waals surface area contributed by atoms with Crippen molar-refractivity contribution in [1.82, 2.24) is 4.90 Å². The monoisotopic (exact) mass is 264 g/mol. The van der Waals surface area contributed by atoms with Gasteiger partial charge in [0.25, 0.3) is 0 Å². The molecule has 2 aromatic rings. The first kappa shape index (κ1) is 11.8.